The number of pyridine rings is 1. The summed E-state index contributed by atoms with van der Waals surface area (Å²) in [5.41, 5.74) is 1.27. The maximum absolute atomic E-state index is 4.62. The molecule has 18 heavy (non-hydrogen) atoms. The van der Waals surface area contributed by atoms with Crippen molar-refractivity contribution in [2.24, 2.45) is 5.92 Å². The lowest BCUT2D eigenvalue weighted by atomic mass is 10.1. The average Bonchev–Trinajstić information content (AvgIpc) is 2.88. The summed E-state index contributed by atoms with van der Waals surface area (Å²) in [5, 5.41) is 3.41. The molecule has 0 saturated carbocycles. The van der Waals surface area contributed by atoms with Gasteiger partial charge in [-0.15, -0.1) is 0 Å². The van der Waals surface area contributed by atoms with Crippen LogP contribution in [0.25, 0.3) is 0 Å². The van der Waals surface area contributed by atoms with E-state index >= 15 is 0 Å². The highest BCUT2D eigenvalue weighted by Crippen LogP contribution is 2.24. The van der Waals surface area contributed by atoms with Crippen molar-refractivity contribution in [2.45, 2.75) is 39.7 Å². The normalized spacial score (nSPS) is 21.3. The summed E-state index contributed by atoms with van der Waals surface area (Å²) >= 11 is 0. The van der Waals surface area contributed by atoms with Crippen molar-refractivity contribution in [3.05, 3.63) is 23.9 Å². The van der Waals surface area contributed by atoms with E-state index in [1.807, 2.05) is 6.20 Å². The van der Waals surface area contributed by atoms with Crippen LogP contribution in [0.4, 0.5) is 5.82 Å². The van der Waals surface area contributed by atoms with Gasteiger partial charge in [-0.25, -0.2) is 4.98 Å². The van der Waals surface area contributed by atoms with Gasteiger partial charge in [-0.3, -0.25) is 0 Å². The lowest BCUT2D eigenvalue weighted by molar-refractivity contribution is 0.568. The van der Waals surface area contributed by atoms with Crippen LogP contribution in [0.3, 0.4) is 0 Å². The maximum Gasteiger partial charge on any atom is 0.128 e. The van der Waals surface area contributed by atoms with E-state index in [0.29, 0.717) is 6.04 Å². The number of nitrogens with zero attached hydrogens (tertiary/aromatic N) is 2. The summed E-state index contributed by atoms with van der Waals surface area (Å²) in [6.45, 7) is 9.92. The van der Waals surface area contributed by atoms with Gasteiger partial charge in [0, 0.05) is 25.3 Å². The van der Waals surface area contributed by atoms with E-state index in [-0.39, 0.29) is 0 Å². The third-order valence-corrected chi connectivity index (χ3v) is 3.97. The molecular formula is C15H25N3. The molecule has 0 spiro atoms. The van der Waals surface area contributed by atoms with Crippen LogP contribution in [0, 0.1) is 5.92 Å². The number of hydrogen-bond donors (Lipinski definition) is 1. The molecule has 1 saturated heterocycles. The zero-order valence-corrected chi connectivity index (χ0v) is 11.8. The lowest BCUT2D eigenvalue weighted by Crippen LogP contribution is -2.21. The van der Waals surface area contributed by atoms with Crippen LogP contribution in [0.15, 0.2) is 18.3 Å². The van der Waals surface area contributed by atoms with Gasteiger partial charge in [0.25, 0.3) is 0 Å². The highest BCUT2D eigenvalue weighted by molar-refractivity contribution is 5.41. The van der Waals surface area contributed by atoms with Gasteiger partial charge in [0.1, 0.15) is 5.82 Å². The largest absolute Gasteiger partial charge is 0.356 e. The molecule has 1 aromatic rings. The first-order chi connectivity index (χ1) is 8.74. The SMILES string of the molecule is CCNC(C)c1ccc(N2CCC(CC)C2)nc1. The molecule has 0 aliphatic carbocycles. The fourth-order valence-corrected chi connectivity index (χ4v) is 2.64. The number of anilines is 1. The third kappa shape index (κ3) is 3.02. The second-order valence-electron chi connectivity index (χ2n) is 5.24. The van der Waals surface area contributed by atoms with Gasteiger partial charge in [0.2, 0.25) is 0 Å². The summed E-state index contributed by atoms with van der Waals surface area (Å²) in [7, 11) is 0. The fourth-order valence-electron chi connectivity index (χ4n) is 2.64. The predicted octanol–water partition coefficient (Wildman–Crippen LogP) is 2.99. The molecule has 3 heteroatoms. The number of rotatable bonds is 5. The molecule has 0 amide bonds. The molecule has 3 nitrogen and oxygen atoms in total. The third-order valence-electron chi connectivity index (χ3n) is 3.97. The topological polar surface area (TPSA) is 28.2 Å². The summed E-state index contributed by atoms with van der Waals surface area (Å²) in [4.78, 5) is 7.03. The van der Waals surface area contributed by atoms with Gasteiger partial charge < -0.3 is 10.2 Å². The van der Waals surface area contributed by atoms with Crippen LogP contribution in [0.1, 0.15) is 45.2 Å². The number of nitrogens with one attached hydrogen (secondary N) is 1. The van der Waals surface area contributed by atoms with Gasteiger partial charge >= 0.3 is 0 Å². The van der Waals surface area contributed by atoms with Crippen LogP contribution in [-0.2, 0) is 0 Å². The van der Waals surface area contributed by atoms with E-state index in [9.17, 15) is 0 Å². The molecule has 0 bridgehead atoms. The number of hydrogen-bond acceptors (Lipinski definition) is 3. The van der Waals surface area contributed by atoms with E-state index in [1.54, 1.807) is 0 Å². The Hall–Kier alpha value is -1.09. The standard InChI is InChI=1S/C15H25N3/c1-4-13-8-9-18(11-13)15-7-6-14(10-17-15)12(3)16-5-2/h6-7,10,12-13,16H,4-5,8-9,11H2,1-3H3. The minimum atomic E-state index is 0.388. The second-order valence-corrected chi connectivity index (χ2v) is 5.24. The summed E-state index contributed by atoms with van der Waals surface area (Å²) in [6.07, 6.45) is 4.61. The van der Waals surface area contributed by atoms with Crippen molar-refractivity contribution in [1.82, 2.24) is 10.3 Å². The molecule has 0 radical (unpaired) electrons. The van der Waals surface area contributed by atoms with Crippen LogP contribution < -0.4 is 10.2 Å². The molecule has 1 aliphatic rings. The Labute approximate surface area is 111 Å². The minimum Gasteiger partial charge on any atom is -0.356 e. The van der Waals surface area contributed by atoms with Crippen LogP contribution in [-0.4, -0.2) is 24.6 Å². The molecule has 1 aromatic heterocycles. The Bertz CT molecular complexity index is 361. The monoisotopic (exact) mass is 247 g/mol. The van der Waals surface area contributed by atoms with Crippen molar-refractivity contribution in [1.29, 1.82) is 0 Å². The Balaban J connectivity index is 1.99. The molecule has 1 aliphatic heterocycles. The summed E-state index contributed by atoms with van der Waals surface area (Å²) in [6, 6.07) is 4.76. The summed E-state index contributed by atoms with van der Waals surface area (Å²) in [5.74, 6) is 1.99. The van der Waals surface area contributed by atoms with Crippen molar-refractivity contribution in [2.75, 3.05) is 24.5 Å². The molecule has 2 rings (SSSR count). The highest BCUT2D eigenvalue weighted by atomic mass is 15.2. The van der Waals surface area contributed by atoms with E-state index < -0.39 is 0 Å². The molecule has 2 atom stereocenters. The highest BCUT2D eigenvalue weighted by Gasteiger charge is 2.21. The molecule has 2 unspecified atom stereocenters. The van der Waals surface area contributed by atoms with Crippen LogP contribution >= 0.6 is 0 Å². The fraction of sp³-hybridized carbons (Fsp3) is 0.667. The van der Waals surface area contributed by atoms with Crippen LogP contribution in [0.2, 0.25) is 0 Å². The smallest absolute Gasteiger partial charge is 0.128 e. The maximum atomic E-state index is 4.62. The Morgan fingerprint density at radius 1 is 1.44 bits per heavy atom. The van der Waals surface area contributed by atoms with Gasteiger partial charge in [0.15, 0.2) is 0 Å². The van der Waals surface area contributed by atoms with Gasteiger partial charge in [0.05, 0.1) is 0 Å². The molecule has 2 heterocycles. The van der Waals surface area contributed by atoms with Crippen molar-refractivity contribution in [3.8, 4) is 0 Å². The van der Waals surface area contributed by atoms with E-state index in [4.69, 9.17) is 0 Å². The van der Waals surface area contributed by atoms with Gasteiger partial charge in [-0.05, 0) is 37.4 Å². The van der Waals surface area contributed by atoms with Gasteiger partial charge in [-0.2, -0.15) is 0 Å². The van der Waals surface area contributed by atoms with Crippen molar-refractivity contribution >= 4 is 5.82 Å². The lowest BCUT2D eigenvalue weighted by Gasteiger charge is -2.18. The first kappa shape index (κ1) is 13.3. The number of aromatic nitrogens is 1. The average molecular weight is 247 g/mol. The van der Waals surface area contributed by atoms with Gasteiger partial charge in [-0.1, -0.05) is 26.3 Å². The Morgan fingerprint density at radius 2 is 2.28 bits per heavy atom. The minimum absolute atomic E-state index is 0.388. The van der Waals surface area contributed by atoms with Crippen LogP contribution in [0.5, 0.6) is 0 Å². The van der Waals surface area contributed by atoms with Crippen molar-refractivity contribution in [3.63, 3.8) is 0 Å². The molecule has 0 aromatic carbocycles. The van der Waals surface area contributed by atoms with Crippen molar-refractivity contribution < 1.29 is 0 Å². The molecule has 100 valence electrons. The zero-order valence-electron chi connectivity index (χ0n) is 11.8. The first-order valence-corrected chi connectivity index (χ1v) is 7.18. The van der Waals surface area contributed by atoms with E-state index in [2.05, 4.69) is 48.1 Å². The quantitative estimate of drug-likeness (QED) is 0.867. The second kappa shape index (κ2) is 6.19. The molecule has 1 N–H and O–H groups in total. The summed E-state index contributed by atoms with van der Waals surface area (Å²) < 4.78 is 0. The molecular weight excluding hydrogens is 222 g/mol. The predicted molar refractivity (Wildman–Crippen MR) is 76.9 cm³/mol. The Morgan fingerprint density at radius 3 is 2.83 bits per heavy atom. The molecule has 1 fully saturated rings. The van der Waals surface area contributed by atoms with E-state index in [0.717, 1.165) is 24.8 Å². The zero-order chi connectivity index (χ0) is 13.0. The Kier molecular flexibility index (Phi) is 4.59. The first-order valence-electron chi connectivity index (χ1n) is 7.18. The van der Waals surface area contributed by atoms with E-state index in [1.165, 1.54) is 24.9 Å².